The van der Waals surface area contributed by atoms with Crippen LogP contribution in [0.4, 0.5) is 5.69 Å². The first-order valence-corrected chi connectivity index (χ1v) is 12.2. The molecule has 7 nitrogen and oxygen atoms in total. The number of piperidine rings is 1. The van der Waals surface area contributed by atoms with E-state index in [9.17, 15) is 0 Å². The number of anilines is 1. The first-order chi connectivity index (χ1) is 16.9. The quantitative estimate of drug-likeness (QED) is 0.295. The van der Waals surface area contributed by atoms with Gasteiger partial charge in [0.25, 0.3) is 0 Å². The van der Waals surface area contributed by atoms with Gasteiger partial charge in [-0.1, -0.05) is 12.1 Å². The van der Waals surface area contributed by atoms with Gasteiger partial charge in [-0.2, -0.15) is 0 Å². The standard InChI is InChI=1S/C28H37N7/c1-32-15-23(14-29)21-7-8-25(30)24(12-21)28(31)27-13-22-11-19(6-9-26(22)33-27)16-35(3)18-20-5-4-10-34(2)17-20/h6-9,11-15,20,31,33H,4-5,10,16-18,29-30H2,1-3H3/b23-14+,31-28?,32-15?. The summed E-state index contributed by atoms with van der Waals surface area (Å²) in [5.41, 5.74) is 18.3. The van der Waals surface area contributed by atoms with Gasteiger partial charge in [-0.3, -0.25) is 10.4 Å². The third kappa shape index (κ3) is 5.81. The molecule has 1 atom stereocenters. The van der Waals surface area contributed by atoms with Gasteiger partial charge in [-0.25, -0.2) is 0 Å². The molecule has 1 aliphatic heterocycles. The van der Waals surface area contributed by atoms with Gasteiger partial charge in [0, 0.05) is 66.8 Å². The average Bonchev–Trinajstić information content (AvgIpc) is 3.26. The smallest absolute Gasteiger partial charge is 0.0868 e. The highest BCUT2D eigenvalue weighted by Gasteiger charge is 2.19. The van der Waals surface area contributed by atoms with Gasteiger partial charge in [0.2, 0.25) is 0 Å². The number of nitrogens with two attached hydrogens (primary N) is 2. The number of fused-ring (bicyclic) bond motifs is 1. The maximum absolute atomic E-state index is 8.86. The number of aromatic amines is 1. The van der Waals surface area contributed by atoms with E-state index in [4.69, 9.17) is 16.9 Å². The largest absolute Gasteiger partial charge is 0.404 e. The van der Waals surface area contributed by atoms with Crippen LogP contribution in [0.3, 0.4) is 0 Å². The van der Waals surface area contributed by atoms with Gasteiger partial charge < -0.3 is 26.3 Å². The van der Waals surface area contributed by atoms with Crippen molar-refractivity contribution in [3.05, 3.63) is 71.0 Å². The second-order valence-electron chi connectivity index (χ2n) is 9.76. The van der Waals surface area contributed by atoms with Crippen molar-refractivity contribution >= 4 is 34.1 Å². The van der Waals surface area contributed by atoms with Crippen LogP contribution in [-0.4, -0.2) is 67.5 Å². The molecule has 0 spiro atoms. The van der Waals surface area contributed by atoms with Gasteiger partial charge in [0.1, 0.15) is 0 Å². The second kappa shape index (κ2) is 10.9. The molecular formula is C28H37N7. The number of benzene rings is 2. The first-order valence-electron chi connectivity index (χ1n) is 12.2. The van der Waals surface area contributed by atoms with Crippen LogP contribution in [0.15, 0.2) is 53.7 Å². The zero-order valence-electron chi connectivity index (χ0n) is 21.0. The van der Waals surface area contributed by atoms with E-state index in [2.05, 4.69) is 52.1 Å². The second-order valence-corrected chi connectivity index (χ2v) is 9.76. The number of aromatic nitrogens is 1. The summed E-state index contributed by atoms with van der Waals surface area (Å²) in [6.07, 6.45) is 5.82. The number of nitrogens with one attached hydrogen (secondary N) is 2. The predicted octanol–water partition coefficient (Wildman–Crippen LogP) is 3.94. The number of allylic oxidation sites excluding steroid dienone is 1. The molecule has 1 fully saturated rings. The van der Waals surface area contributed by atoms with E-state index in [-0.39, 0.29) is 0 Å². The highest BCUT2D eigenvalue weighted by Crippen LogP contribution is 2.25. The minimum atomic E-state index is 0.352. The molecule has 2 aromatic carbocycles. The Hall–Kier alpha value is -3.42. The summed E-state index contributed by atoms with van der Waals surface area (Å²) in [7, 11) is 6.13. The molecule has 0 saturated carbocycles. The molecule has 35 heavy (non-hydrogen) atoms. The molecule has 2 heterocycles. The molecule has 1 aromatic heterocycles. The summed E-state index contributed by atoms with van der Waals surface area (Å²) in [6, 6.07) is 14.1. The van der Waals surface area contributed by atoms with Crippen LogP contribution in [0.2, 0.25) is 0 Å². The minimum absolute atomic E-state index is 0.352. The lowest BCUT2D eigenvalue weighted by Gasteiger charge is -2.32. The Bertz CT molecular complexity index is 1250. The van der Waals surface area contributed by atoms with E-state index in [1.54, 1.807) is 13.3 Å². The van der Waals surface area contributed by atoms with Crippen molar-refractivity contribution in [3.63, 3.8) is 0 Å². The normalized spacial score (nSPS) is 17.6. The number of likely N-dealkylation sites (tertiary alicyclic amines) is 1. The van der Waals surface area contributed by atoms with Gasteiger partial charge in [-0.05, 0) is 80.9 Å². The van der Waals surface area contributed by atoms with Gasteiger partial charge in [0.05, 0.1) is 11.4 Å². The average molecular weight is 472 g/mol. The molecule has 6 N–H and O–H groups in total. The maximum Gasteiger partial charge on any atom is 0.0868 e. The number of rotatable bonds is 8. The Morgan fingerprint density at radius 3 is 2.83 bits per heavy atom. The van der Waals surface area contributed by atoms with Crippen molar-refractivity contribution in [1.82, 2.24) is 14.8 Å². The monoisotopic (exact) mass is 471 g/mol. The van der Waals surface area contributed by atoms with E-state index >= 15 is 0 Å². The zero-order valence-corrected chi connectivity index (χ0v) is 21.0. The van der Waals surface area contributed by atoms with Crippen LogP contribution in [0.5, 0.6) is 0 Å². The summed E-state index contributed by atoms with van der Waals surface area (Å²) in [6.45, 7) is 4.43. The SMILES string of the molecule is CN=C/C(=C\N)c1ccc(N)c(C(=N)c2cc3cc(CN(C)CC4CCCN(C)C4)ccc3[nH]2)c1. The molecule has 4 rings (SSSR count). The van der Waals surface area contributed by atoms with Crippen molar-refractivity contribution in [2.45, 2.75) is 19.4 Å². The van der Waals surface area contributed by atoms with E-state index in [0.717, 1.165) is 46.7 Å². The third-order valence-electron chi connectivity index (χ3n) is 6.80. The molecule has 1 saturated heterocycles. The number of hydrogen-bond acceptors (Lipinski definition) is 6. The van der Waals surface area contributed by atoms with E-state index in [1.165, 1.54) is 37.7 Å². The van der Waals surface area contributed by atoms with Crippen molar-refractivity contribution in [2.24, 2.45) is 16.6 Å². The summed E-state index contributed by atoms with van der Waals surface area (Å²) >= 11 is 0. The van der Waals surface area contributed by atoms with Crippen molar-refractivity contribution in [2.75, 3.05) is 46.5 Å². The lowest BCUT2D eigenvalue weighted by atomic mass is 9.98. The Balaban J connectivity index is 1.52. The number of H-pyrrole nitrogens is 1. The molecule has 7 heteroatoms. The highest BCUT2D eigenvalue weighted by atomic mass is 15.1. The molecule has 1 unspecified atom stereocenters. The number of nitrogen functional groups attached to an aromatic ring is 1. The number of aliphatic imine (C=N–C) groups is 1. The predicted molar refractivity (Wildman–Crippen MR) is 148 cm³/mol. The molecule has 184 valence electrons. The lowest BCUT2D eigenvalue weighted by molar-refractivity contribution is 0.164. The molecule has 3 aromatic rings. The van der Waals surface area contributed by atoms with Crippen molar-refractivity contribution < 1.29 is 0 Å². The fourth-order valence-corrected chi connectivity index (χ4v) is 5.10. The van der Waals surface area contributed by atoms with Crippen LogP contribution in [0.1, 0.15) is 35.2 Å². The molecule has 0 amide bonds. The molecule has 0 aliphatic carbocycles. The van der Waals surface area contributed by atoms with E-state index in [0.29, 0.717) is 17.0 Å². The molecular weight excluding hydrogens is 434 g/mol. The molecule has 0 bridgehead atoms. The fraction of sp³-hybridized carbons (Fsp3) is 0.357. The first kappa shape index (κ1) is 24.7. The summed E-state index contributed by atoms with van der Waals surface area (Å²) in [5.74, 6) is 0.737. The highest BCUT2D eigenvalue weighted by molar-refractivity contribution is 6.16. The summed E-state index contributed by atoms with van der Waals surface area (Å²) in [4.78, 5) is 12.3. The van der Waals surface area contributed by atoms with Crippen molar-refractivity contribution in [1.29, 1.82) is 5.41 Å². The van der Waals surface area contributed by atoms with Gasteiger partial charge in [0.15, 0.2) is 0 Å². The van der Waals surface area contributed by atoms with Gasteiger partial charge >= 0.3 is 0 Å². The van der Waals surface area contributed by atoms with Crippen LogP contribution >= 0.6 is 0 Å². The van der Waals surface area contributed by atoms with Gasteiger partial charge in [-0.15, -0.1) is 0 Å². The lowest BCUT2D eigenvalue weighted by Crippen LogP contribution is -2.37. The third-order valence-corrected chi connectivity index (χ3v) is 6.80. The number of hydrogen-bond donors (Lipinski definition) is 4. The van der Waals surface area contributed by atoms with Crippen LogP contribution in [-0.2, 0) is 6.54 Å². The van der Waals surface area contributed by atoms with Crippen LogP contribution < -0.4 is 11.5 Å². The van der Waals surface area contributed by atoms with E-state index in [1.807, 2.05) is 24.3 Å². The Morgan fingerprint density at radius 2 is 2.09 bits per heavy atom. The summed E-state index contributed by atoms with van der Waals surface area (Å²) < 4.78 is 0. The Morgan fingerprint density at radius 1 is 1.26 bits per heavy atom. The van der Waals surface area contributed by atoms with Crippen LogP contribution in [0, 0.1) is 11.3 Å². The van der Waals surface area contributed by atoms with Crippen molar-refractivity contribution in [3.8, 4) is 0 Å². The fourth-order valence-electron chi connectivity index (χ4n) is 5.10. The van der Waals surface area contributed by atoms with Crippen LogP contribution in [0.25, 0.3) is 16.5 Å². The maximum atomic E-state index is 8.86. The number of nitrogens with zero attached hydrogens (tertiary/aromatic N) is 3. The van der Waals surface area contributed by atoms with E-state index < -0.39 is 0 Å². The minimum Gasteiger partial charge on any atom is -0.404 e. The summed E-state index contributed by atoms with van der Waals surface area (Å²) in [5, 5.41) is 9.96. The molecule has 0 radical (unpaired) electrons. The Labute approximate surface area is 208 Å². The Kier molecular flexibility index (Phi) is 7.68. The topological polar surface area (TPSA) is 111 Å². The molecule has 1 aliphatic rings. The zero-order chi connectivity index (χ0) is 24.9.